The molecule has 0 aromatic rings. The minimum absolute atomic E-state index is 0.0496. The molecule has 324 valence electrons. The van der Waals surface area contributed by atoms with Gasteiger partial charge in [0.15, 0.2) is 0 Å². The standard InChI is InChI=1S/C50H89NO5/c1-4-7-10-13-16-19-22-24-27-29-32-35-38-41-46(56-50(55)43-40-37-34-31-28-25-23-20-17-14-11-8-5-2)44-49(54)51-47(45-52)48(53)42-39-36-33-30-26-21-18-15-12-9-6-3/h8,11,14,17,20,23,25,28,31,34,46-48,52-53H,4-7,9-10,12-13,15-16,18-19,21-22,24,26-27,29-30,32-33,35-45H2,1-3H3,(H,51,54)/b11-8+,17-14+,23-20-,28-25-,34-31+. The Morgan fingerprint density at radius 3 is 1.39 bits per heavy atom. The molecule has 0 fully saturated rings. The zero-order valence-corrected chi connectivity index (χ0v) is 36.8. The van der Waals surface area contributed by atoms with Gasteiger partial charge in [0, 0.05) is 6.42 Å². The van der Waals surface area contributed by atoms with E-state index in [9.17, 15) is 19.8 Å². The molecule has 0 saturated carbocycles. The number of hydrogen-bond acceptors (Lipinski definition) is 5. The molecule has 0 spiro atoms. The van der Waals surface area contributed by atoms with E-state index >= 15 is 0 Å². The molecule has 0 aromatic heterocycles. The van der Waals surface area contributed by atoms with Gasteiger partial charge in [-0.05, 0) is 38.5 Å². The van der Waals surface area contributed by atoms with Crippen LogP contribution in [0.2, 0.25) is 0 Å². The maximum Gasteiger partial charge on any atom is 0.306 e. The second-order valence-corrected chi connectivity index (χ2v) is 15.9. The van der Waals surface area contributed by atoms with Crippen LogP contribution in [0.15, 0.2) is 60.8 Å². The third-order valence-corrected chi connectivity index (χ3v) is 10.5. The highest BCUT2D eigenvalue weighted by Crippen LogP contribution is 2.17. The average molecular weight is 784 g/mol. The van der Waals surface area contributed by atoms with E-state index in [1.54, 1.807) is 0 Å². The van der Waals surface area contributed by atoms with Crippen molar-refractivity contribution in [3.05, 3.63) is 60.8 Å². The summed E-state index contributed by atoms with van der Waals surface area (Å²) in [7, 11) is 0. The number of esters is 1. The maximum absolute atomic E-state index is 13.1. The molecule has 0 aliphatic rings. The van der Waals surface area contributed by atoms with Gasteiger partial charge in [-0.1, -0.05) is 229 Å². The highest BCUT2D eigenvalue weighted by atomic mass is 16.5. The predicted molar refractivity (Wildman–Crippen MR) is 241 cm³/mol. The molecule has 0 bridgehead atoms. The zero-order chi connectivity index (χ0) is 41.0. The minimum Gasteiger partial charge on any atom is -0.462 e. The number of amides is 1. The van der Waals surface area contributed by atoms with Crippen LogP contribution < -0.4 is 5.32 Å². The van der Waals surface area contributed by atoms with E-state index in [1.807, 2.05) is 54.7 Å². The van der Waals surface area contributed by atoms with E-state index < -0.39 is 18.2 Å². The first-order chi connectivity index (χ1) is 27.5. The number of ether oxygens (including phenoxy) is 1. The minimum atomic E-state index is -0.798. The molecule has 0 saturated heterocycles. The summed E-state index contributed by atoms with van der Waals surface area (Å²) in [6, 6.07) is -0.714. The summed E-state index contributed by atoms with van der Waals surface area (Å²) in [5.41, 5.74) is 0. The van der Waals surface area contributed by atoms with Crippen molar-refractivity contribution in [3.63, 3.8) is 0 Å². The van der Waals surface area contributed by atoms with Gasteiger partial charge in [-0.2, -0.15) is 0 Å². The predicted octanol–water partition coefficient (Wildman–Crippen LogP) is 13.7. The number of aliphatic hydroxyl groups is 2. The summed E-state index contributed by atoms with van der Waals surface area (Å²) in [5.74, 6) is -0.560. The van der Waals surface area contributed by atoms with E-state index in [2.05, 4.69) is 32.2 Å². The van der Waals surface area contributed by atoms with Crippen LogP contribution in [0.4, 0.5) is 0 Å². The van der Waals surface area contributed by atoms with Crippen LogP contribution in [-0.2, 0) is 14.3 Å². The SMILES string of the molecule is CC/C=C/C=C/C=C\C=C/C=C/CCCC(=O)OC(CCCCCCCCCCCCCCC)CC(=O)NC(CO)C(O)CCCCCCCCCCCCC. The lowest BCUT2D eigenvalue weighted by atomic mass is 10.0. The highest BCUT2D eigenvalue weighted by Gasteiger charge is 2.24. The molecule has 0 aliphatic heterocycles. The van der Waals surface area contributed by atoms with Gasteiger partial charge in [-0.15, -0.1) is 0 Å². The van der Waals surface area contributed by atoms with Crippen LogP contribution >= 0.6 is 0 Å². The average Bonchev–Trinajstić information content (AvgIpc) is 3.19. The largest absolute Gasteiger partial charge is 0.462 e. The summed E-state index contributed by atoms with van der Waals surface area (Å²) < 4.78 is 5.87. The Kier molecular flexibility index (Phi) is 41.8. The number of rotatable bonds is 41. The quantitative estimate of drug-likeness (QED) is 0.0326. The first kappa shape index (κ1) is 53.6. The van der Waals surface area contributed by atoms with Gasteiger partial charge < -0.3 is 20.3 Å². The molecule has 0 heterocycles. The van der Waals surface area contributed by atoms with Crippen LogP contribution in [0.1, 0.15) is 220 Å². The first-order valence-corrected chi connectivity index (χ1v) is 23.6. The van der Waals surface area contributed by atoms with Gasteiger partial charge in [0.25, 0.3) is 0 Å². The molecular weight excluding hydrogens is 695 g/mol. The summed E-state index contributed by atoms with van der Waals surface area (Å²) in [6.45, 7) is 6.31. The molecule has 3 atom stereocenters. The van der Waals surface area contributed by atoms with Gasteiger partial charge in [0.05, 0.1) is 25.2 Å². The molecule has 0 rings (SSSR count). The van der Waals surface area contributed by atoms with Crippen molar-refractivity contribution in [1.82, 2.24) is 5.32 Å². The summed E-state index contributed by atoms with van der Waals surface area (Å²) in [5, 5.41) is 23.6. The topological polar surface area (TPSA) is 95.9 Å². The number of aliphatic hydroxyl groups excluding tert-OH is 2. The van der Waals surface area contributed by atoms with Gasteiger partial charge >= 0.3 is 5.97 Å². The van der Waals surface area contributed by atoms with Gasteiger partial charge in [-0.25, -0.2) is 0 Å². The van der Waals surface area contributed by atoms with Crippen molar-refractivity contribution in [2.24, 2.45) is 0 Å². The fraction of sp³-hybridized carbons (Fsp3) is 0.760. The molecule has 6 heteroatoms. The Morgan fingerprint density at radius 1 is 0.536 bits per heavy atom. The Labute approximate surface area is 346 Å². The lowest BCUT2D eigenvalue weighted by Crippen LogP contribution is -2.46. The van der Waals surface area contributed by atoms with E-state index in [0.717, 1.165) is 51.4 Å². The van der Waals surface area contributed by atoms with Crippen LogP contribution in [0.25, 0.3) is 0 Å². The van der Waals surface area contributed by atoms with Crippen molar-refractivity contribution in [3.8, 4) is 0 Å². The Bertz CT molecular complexity index is 1010. The second kappa shape index (κ2) is 43.7. The van der Waals surface area contributed by atoms with E-state index in [1.165, 1.54) is 116 Å². The van der Waals surface area contributed by atoms with E-state index in [4.69, 9.17) is 4.74 Å². The highest BCUT2D eigenvalue weighted by molar-refractivity contribution is 5.77. The Morgan fingerprint density at radius 2 is 0.946 bits per heavy atom. The summed E-state index contributed by atoms with van der Waals surface area (Å²) in [6.07, 6.45) is 52.8. The van der Waals surface area contributed by atoms with Crippen LogP contribution in [-0.4, -0.2) is 46.9 Å². The van der Waals surface area contributed by atoms with Crippen molar-refractivity contribution < 1.29 is 24.5 Å². The molecular formula is C50H89NO5. The van der Waals surface area contributed by atoms with Crippen molar-refractivity contribution in [2.45, 2.75) is 238 Å². The Balaban J connectivity index is 4.71. The first-order valence-electron chi connectivity index (χ1n) is 23.6. The molecule has 6 nitrogen and oxygen atoms in total. The van der Waals surface area contributed by atoms with Gasteiger partial charge in [-0.3, -0.25) is 9.59 Å². The Hall–Kier alpha value is -2.44. The monoisotopic (exact) mass is 784 g/mol. The van der Waals surface area contributed by atoms with E-state index in [0.29, 0.717) is 25.7 Å². The number of hydrogen-bond donors (Lipinski definition) is 3. The normalized spacial score (nSPS) is 13.9. The van der Waals surface area contributed by atoms with Crippen LogP contribution in [0.3, 0.4) is 0 Å². The molecule has 0 aromatic carbocycles. The number of carbonyl (C=O) groups excluding carboxylic acids is 2. The molecule has 1 amide bonds. The number of nitrogens with one attached hydrogen (secondary N) is 1. The maximum atomic E-state index is 13.1. The number of unbranched alkanes of at least 4 members (excludes halogenated alkanes) is 23. The lowest BCUT2D eigenvalue weighted by Gasteiger charge is -2.24. The number of allylic oxidation sites excluding steroid dienone is 10. The fourth-order valence-electron chi connectivity index (χ4n) is 6.93. The van der Waals surface area contributed by atoms with Crippen molar-refractivity contribution in [1.29, 1.82) is 0 Å². The molecule has 56 heavy (non-hydrogen) atoms. The summed E-state index contributed by atoms with van der Waals surface area (Å²) in [4.78, 5) is 26.0. The lowest BCUT2D eigenvalue weighted by molar-refractivity contribution is -0.151. The number of carbonyl (C=O) groups is 2. The fourth-order valence-corrected chi connectivity index (χ4v) is 6.93. The van der Waals surface area contributed by atoms with E-state index in [-0.39, 0.29) is 24.9 Å². The summed E-state index contributed by atoms with van der Waals surface area (Å²) >= 11 is 0. The third kappa shape index (κ3) is 38.4. The van der Waals surface area contributed by atoms with Crippen LogP contribution in [0, 0.1) is 0 Å². The second-order valence-electron chi connectivity index (χ2n) is 15.9. The zero-order valence-electron chi connectivity index (χ0n) is 36.8. The molecule has 3 N–H and O–H groups in total. The molecule has 0 aliphatic carbocycles. The van der Waals surface area contributed by atoms with Crippen molar-refractivity contribution in [2.75, 3.05) is 6.61 Å². The van der Waals surface area contributed by atoms with Gasteiger partial charge in [0.2, 0.25) is 5.91 Å². The molecule has 3 unspecified atom stereocenters. The van der Waals surface area contributed by atoms with Gasteiger partial charge in [0.1, 0.15) is 6.10 Å². The third-order valence-electron chi connectivity index (χ3n) is 10.5. The smallest absolute Gasteiger partial charge is 0.306 e. The van der Waals surface area contributed by atoms with Crippen LogP contribution in [0.5, 0.6) is 0 Å². The molecule has 0 radical (unpaired) electrons. The van der Waals surface area contributed by atoms with Crippen molar-refractivity contribution >= 4 is 11.9 Å².